The fourth-order valence-corrected chi connectivity index (χ4v) is 0.837. The van der Waals surface area contributed by atoms with Crippen LogP contribution in [-0.4, -0.2) is 44.6 Å². The van der Waals surface area contributed by atoms with E-state index < -0.39 is 0 Å². The van der Waals surface area contributed by atoms with E-state index in [9.17, 15) is 4.79 Å². The molecule has 0 bridgehead atoms. The van der Waals surface area contributed by atoms with Crippen molar-refractivity contribution in [3.63, 3.8) is 0 Å². The first-order valence-corrected chi connectivity index (χ1v) is 5.08. The van der Waals surface area contributed by atoms with Gasteiger partial charge in [-0.1, -0.05) is 13.2 Å². The molecule has 4 nitrogen and oxygen atoms in total. The Morgan fingerprint density at radius 2 is 1.94 bits per heavy atom. The molecule has 90 valence electrons. The number of allylic oxidation sites excluding steroid dienone is 1. The van der Waals surface area contributed by atoms with Gasteiger partial charge in [-0.25, -0.2) is 0 Å². The summed E-state index contributed by atoms with van der Waals surface area (Å²) in [5.74, 6) is -0.0867. The highest BCUT2D eigenvalue weighted by Gasteiger charge is 2.05. The number of hydrogen-bond acceptors (Lipinski definition) is 2. The molecule has 1 amide bonds. The smallest absolute Gasteiger partial charge is 0.243 e. The SMILES string of the molecule is C=CC#N.C=CC(=O)NCCC[N+](C)(C)C. The zero-order valence-corrected chi connectivity index (χ0v) is 10.5. The second-order valence-electron chi connectivity index (χ2n) is 4.20. The summed E-state index contributed by atoms with van der Waals surface area (Å²) in [7, 11) is 6.40. The van der Waals surface area contributed by atoms with Gasteiger partial charge in [-0.2, -0.15) is 5.26 Å². The van der Waals surface area contributed by atoms with E-state index in [0.717, 1.165) is 24.0 Å². The molecule has 0 aromatic rings. The van der Waals surface area contributed by atoms with Crippen LogP contribution in [0.4, 0.5) is 0 Å². The van der Waals surface area contributed by atoms with Gasteiger partial charge in [0.05, 0.1) is 33.8 Å². The Morgan fingerprint density at radius 1 is 1.44 bits per heavy atom. The van der Waals surface area contributed by atoms with E-state index in [1.54, 1.807) is 6.07 Å². The lowest BCUT2D eigenvalue weighted by Crippen LogP contribution is -2.37. The van der Waals surface area contributed by atoms with Crippen LogP contribution >= 0.6 is 0 Å². The van der Waals surface area contributed by atoms with Crippen LogP contribution in [0.25, 0.3) is 0 Å². The monoisotopic (exact) mass is 224 g/mol. The lowest BCUT2D eigenvalue weighted by Gasteiger charge is -2.23. The van der Waals surface area contributed by atoms with Gasteiger partial charge in [0.1, 0.15) is 0 Å². The molecule has 0 heterocycles. The largest absolute Gasteiger partial charge is 0.352 e. The summed E-state index contributed by atoms with van der Waals surface area (Å²) in [5, 5.41) is 10.2. The van der Waals surface area contributed by atoms with Gasteiger partial charge in [0, 0.05) is 19.0 Å². The molecule has 0 saturated carbocycles. The fraction of sp³-hybridized carbons (Fsp3) is 0.500. The average Bonchev–Trinajstić information content (AvgIpc) is 2.23. The molecule has 16 heavy (non-hydrogen) atoms. The van der Waals surface area contributed by atoms with Crippen molar-refractivity contribution < 1.29 is 9.28 Å². The molecule has 1 N–H and O–H groups in total. The van der Waals surface area contributed by atoms with Crippen molar-refractivity contribution in [3.8, 4) is 6.07 Å². The average molecular weight is 224 g/mol. The molecule has 0 aliphatic heterocycles. The van der Waals surface area contributed by atoms with Crippen LogP contribution in [0.1, 0.15) is 6.42 Å². The van der Waals surface area contributed by atoms with Gasteiger partial charge in [-0.3, -0.25) is 4.79 Å². The highest BCUT2D eigenvalue weighted by Crippen LogP contribution is 1.91. The van der Waals surface area contributed by atoms with Crippen molar-refractivity contribution in [2.45, 2.75) is 6.42 Å². The zero-order chi connectivity index (χ0) is 13.0. The Hall–Kier alpha value is -1.60. The summed E-state index contributed by atoms with van der Waals surface area (Å²) < 4.78 is 0.934. The zero-order valence-electron chi connectivity index (χ0n) is 10.5. The Kier molecular flexibility index (Phi) is 10.4. The number of carbonyl (C=O) groups excluding carboxylic acids is 1. The summed E-state index contributed by atoms with van der Waals surface area (Å²) in [4.78, 5) is 10.7. The van der Waals surface area contributed by atoms with Crippen molar-refractivity contribution in [3.05, 3.63) is 25.3 Å². The van der Waals surface area contributed by atoms with Crippen LogP contribution in [0.15, 0.2) is 25.3 Å². The maximum absolute atomic E-state index is 10.7. The highest BCUT2D eigenvalue weighted by molar-refractivity contribution is 5.86. The lowest BCUT2D eigenvalue weighted by molar-refractivity contribution is -0.870. The molecular formula is C12H22N3O+. The summed E-state index contributed by atoms with van der Waals surface area (Å²) >= 11 is 0. The first-order chi connectivity index (χ1) is 7.37. The van der Waals surface area contributed by atoms with E-state index in [1.807, 2.05) is 0 Å². The topological polar surface area (TPSA) is 52.9 Å². The maximum Gasteiger partial charge on any atom is 0.243 e. The van der Waals surface area contributed by atoms with Gasteiger partial charge < -0.3 is 9.80 Å². The maximum atomic E-state index is 10.7. The summed E-state index contributed by atoms with van der Waals surface area (Å²) in [6.45, 7) is 8.29. The van der Waals surface area contributed by atoms with Crippen LogP contribution in [0.5, 0.6) is 0 Å². The molecule has 0 aliphatic carbocycles. The molecule has 0 rings (SSSR count). The van der Waals surface area contributed by atoms with Crippen LogP contribution in [0.2, 0.25) is 0 Å². The molecule has 0 fully saturated rings. The highest BCUT2D eigenvalue weighted by atomic mass is 16.1. The summed E-state index contributed by atoms with van der Waals surface area (Å²) in [6, 6.07) is 1.69. The van der Waals surface area contributed by atoms with Crippen LogP contribution in [0, 0.1) is 11.3 Å². The number of nitriles is 1. The normalized spacial score (nSPS) is 9.12. The quantitative estimate of drug-likeness (QED) is 0.329. The lowest BCUT2D eigenvalue weighted by atomic mass is 10.3. The Labute approximate surface area is 98.5 Å². The summed E-state index contributed by atoms with van der Waals surface area (Å²) in [5.41, 5.74) is 0. The second kappa shape index (κ2) is 9.94. The van der Waals surface area contributed by atoms with Crippen molar-refractivity contribution in [2.24, 2.45) is 0 Å². The third kappa shape index (κ3) is 18.2. The Morgan fingerprint density at radius 3 is 2.25 bits per heavy atom. The molecule has 0 aromatic heterocycles. The number of carbonyl (C=O) groups is 1. The summed E-state index contributed by atoms with van der Waals surface area (Å²) in [6.07, 6.45) is 3.48. The molecular weight excluding hydrogens is 202 g/mol. The van der Waals surface area contributed by atoms with Gasteiger partial charge in [-0.15, -0.1) is 0 Å². The van der Waals surface area contributed by atoms with E-state index in [2.05, 4.69) is 39.6 Å². The van der Waals surface area contributed by atoms with E-state index in [1.165, 1.54) is 12.2 Å². The molecule has 4 heteroatoms. The minimum absolute atomic E-state index is 0.0867. The first-order valence-electron chi connectivity index (χ1n) is 5.08. The van der Waals surface area contributed by atoms with E-state index in [4.69, 9.17) is 5.26 Å². The minimum Gasteiger partial charge on any atom is -0.352 e. The van der Waals surface area contributed by atoms with Crippen LogP contribution < -0.4 is 5.32 Å². The standard InChI is InChI=1S/C9H18N2O.C3H3N/c1-5-9(12)10-7-6-8-11(2,3)4;1-2-3-4/h5H,1,6-8H2,2-4H3;2H,1H2/p+1. The third-order valence-electron chi connectivity index (χ3n) is 1.58. The van der Waals surface area contributed by atoms with Gasteiger partial charge in [-0.05, 0) is 6.08 Å². The molecule has 0 spiro atoms. The van der Waals surface area contributed by atoms with Crippen molar-refractivity contribution in [1.29, 1.82) is 5.26 Å². The fourth-order valence-electron chi connectivity index (χ4n) is 0.837. The second-order valence-corrected chi connectivity index (χ2v) is 4.20. The van der Waals surface area contributed by atoms with Gasteiger partial charge >= 0.3 is 0 Å². The van der Waals surface area contributed by atoms with Crippen LogP contribution in [-0.2, 0) is 4.79 Å². The number of quaternary nitrogens is 1. The predicted octanol–water partition coefficient (Wildman–Crippen LogP) is 1.08. The minimum atomic E-state index is -0.0867. The number of hydrogen-bond donors (Lipinski definition) is 1. The van der Waals surface area contributed by atoms with Gasteiger partial charge in [0.2, 0.25) is 5.91 Å². The number of nitrogens with zero attached hydrogens (tertiary/aromatic N) is 2. The van der Waals surface area contributed by atoms with Gasteiger partial charge in [0.15, 0.2) is 0 Å². The van der Waals surface area contributed by atoms with E-state index >= 15 is 0 Å². The van der Waals surface area contributed by atoms with E-state index in [0.29, 0.717) is 0 Å². The van der Waals surface area contributed by atoms with Gasteiger partial charge in [0.25, 0.3) is 0 Å². The molecule has 0 radical (unpaired) electrons. The van der Waals surface area contributed by atoms with E-state index in [-0.39, 0.29) is 5.91 Å². The van der Waals surface area contributed by atoms with Crippen LogP contribution in [0.3, 0.4) is 0 Å². The van der Waals surface area contributed by atoms with Crippen molar-refractivity contribution in [1.82, 2.24) is 5.32 Å². The molecule has 0 unspecified atom stereocenters. The van der Waals surface area contributed by atoms with Crippen molar-refractivity contribution >= 4 is 5.91 Å². The Balaban J connectivity index is 0. The third-order valence-corrected chi connectivity index (χ3v) is 1.58. The first kappa shape index (κ1) is 16.8. The number of nitrogens with one attached hydrogen (secondary N) is 1. The molecule has 0 atom stereocenters. The van der Waals surface area contributed by atoms with Crippen molar-refractivity contribution in [2.75, 3.05) is 34.2 Å². The number of amides is 1. The predicted molar refractivity (Wildman–Crippen MR) is 66.5 cm³/mol. The molecule has 0 aromatic carbocycles. The number of rotatable bonds is 5. The molecule has 0 aliphatic rings. The molecule has 0 saturated heterocycles. The Bertz CT molecular complexity index is 258.